The van der Waals surface area contributed by atoms with E-state index in [0.29, 0.717) is 11.4 Å². The van der Waals surface area contributed by atoms with Crippen molar-refractivity contribution in [1.29, 1.82) is 5.26 Å². The van der Waals surface area contributed by atoms with E-state index in [1.165, 1.54) is 17.4 Å². The summed E-state index contributed by atoms with van der Waals surface area (Å²) < 4.78 is 0. The minimum absolute atomic E-state index is 0.0298. The van der Waals surface area contributed by atoms with Crippen molar-refractivity contribution >= 4 is 40.3 Å². The number of thiazole rings is 1. The molecule has 25 heavy (non-hydrogen) atoms. The Morgan fingerprint density at radius 1 is 1.28 bits per heavy atom. The number of nitriles is 1. The summed E-state index contributed by atoms with van der Waals surface area (Å²) in [5, 5.41) is 18.9. The van der Waals surface area contributed by atoms with Gasteiger partial charge in [0.2, 0.25) is 0 Å². The van der Waals surface area contributed by atoms with Crippen molar-refractivity contribution in [2.24, 2.45) is 0 Å². The van der Waals surface area contributed by atoms with Gasteiger partial charge in [0.25, 0.3) is 5.91 Å². The highest BCUT2D eigenvalue weighted by atomic mass is 32.1. The van der Waals surface area contributed by atoms with Crippen LogP contribution in [0.1, 0.15) is 16.8 Å². The van der Waals surface area contributed by atoms with E-state index in [-0.39, 0.29) is 5.57 Å². The third-order valence-corrected chi connectivity index (χ3v) is 5.17. The van der Waals surface area contributed by atoms with Crippen LogP contribution < -0.4 is 5.32 Å². The Labute approximate surface area is 154 Å². The highest BCUT2D eigenvalue weighted by Crippen LogP contribution is 2.26. The average molecular weight is 365 g/mol. The molecule has 124 valence electrons. The summed E-state index contributed by atoms with van der Waals surface area (Å²) in [7, 11) is 0. The van der Waals surface area contributed by atoms with E-state index < -0.39 is 5.91 Å². The van der Waals surface area contributed by atoms with Gasteiger partial charge in [-0.3, -0.25) is 4.79 Å². The molecule has 0 spiro atoms. The van der Waals surface area contributed by atoms with Crippen molar-refractivity contribution in [3.05, 3.63) is 62.8 Å². The van der Waals surface area contributed by atoms with E-state index >= 15 is 0 Å². The summed E-state index contributed by atoms with van der Waals surface area (Å²) in [4.78, 5) is 16.9. The van der Waals surface area contributed by atoms with Crippen LogP contribution in [0, 0.1) is 25.2 Å². The zero-order valence-electron chi connectivity index (χ0n) is 13.7. The van der Waals surface area contributed by atoms with Crippen LogP contribution in [0.3, 0.4) is 0 Å². The highest BCUT2D eigenvalue weighted by molar-refractivity contribution is 7.14. The molecule has 6 heteroatoms. The molecular formula is C19H15N3OS2. The summed E-state index contributed by atoms with van der Waals surface area (Å²) in [6, 6.07) is 9.71. The third-order valence-electron chi connectivity index (χ3n) is 3.58. The van der Waals surface area contributed by atoms with E-state index in [1.54, 1.807) is 11.3 Å². The molecule has 0 bridgehead atoms. The first-order chi connectivity index (χ1) is 12.1. The summed E-state index contributed by atoms with van der Waals surface area (Å²) in [5.74, 6) is -0.431. The second-order valence-electron chi connectivity index (χ2n) is 5.53. The summed E-state index contributed by atoms with van der Waals surface area (Å²) in [5.41, 5.74) is 4.47. The van der Waals surface area contributed by atoms with Crippen LogP contribution in [0.4, 0.5) is 5.69 Å². The highest BCUT2D eigenvalue weighted by Gasteiger charge is 2.12. The van der Waals surface area contributed by atoms with Gasteiger partial charge in [-0.05, 0) is 43.0 Å². The van der Waals surface area contributed by atoms with Gasteiger partial charge in [-0.15, -0.1) is 11.3 Å². The normalized spacial score (nSPS) is 11.2. The zero-order chi connectivity index (χ0) is 17.8. The molecule has 2 heterocycles. The fraction of sp³-hybridized carbons (Fsp3) is 0.105. The van der Waals surface area contributed by atoms with Gasteiger partial charge >= 0.3 is 0 Å². The maximum atomic E-state index is 12.4. The summed E-state index contributed by atoms with van der Waals surface area (Å²) in [6.07, 6.45) is 1.52. The minimum Gasteiger partial charge on any atom is -0.321 e. The van der Waals surface area contributed by atoms with Gasteiger partial charge in [0.05, 0.1) is 5.69 Å². The number of rotatable bonds is 4. The van der Waals surface area contributed by atoms with E-state index in [2.05, 4.69) is 10.3 Å². The first-order valence-electron chi connectivity index (χ1n) is 7.55. The number of nitrogens with zero attached hydrogens (tertiary/aromatic N) is 2. The fourth-order valence-corrected chi connectivity index (χ4v) is 3.80. The van der Waals surface area contributed by atoms with E-state index in [9.17, 15) is 10.1 Å². The van der Waals surface area contributed by atoms with Crippen molar-refractivity contribution in [3.63, 3.8) is 0 Å². The molecule has 4 nitrogen and oxygen atoms in total. The molecule has 1 N–H and O–H groups in total. The Morgan fingerprint density at radius 3 is 2.80 bits per heavy atom. The Hall–Kier alpha value is -2.75. The zero-order valence-corrected chi connectivity index (χ0v) is 15.4. The minimum atomic E-state index is -0.431. The molecule has 0 fully saturated rings. The van der Waals surface area contributed by atoms with Crippen molar-refractivity contribution < 1.29 is 4.79 Å². The van der Waals surface area contributed by atoms with Crippen LogP contribution in [0.25, 0.3) is 16.6 Å². The molecule has 0 saturated heterocycles. The molecule has 0 saturated carbocycles. The Morgan fingerprint density at radius 2 is 2.12 bits per heavy atom. The van der Waals surface area contributed by atoms with Gasteiger partial charge in [-0.2, -0.15) is 16.6 Å². The van der Waals surface area contributed by atoms with Gasteiger partial charge in [-0.25, -0.2) is 4.98 Å². The third kappa shape index (κ3) is 4.02. The molecule has 0 unspecified atom stereocenters. The molecule has 1 aromatic carbocycles. The molecule has 0 atom stereocenters. The van der Waals surface area contributed by atoms with Crippen molar-refractivity contribution in [1.82, 2.24) is 4.98 Å². The maximum Gasteiger partial charge on any atom is 0.266 e. The topological polar surface area (TPSA) is 65.8 Å². The van der Waals surface area contributed by atoms with Gasteiger partial charge in [0.1, 0.15) is 16.6 Å². The van der Waals surface area contributed by atoms with Gasteiger partial charge in [0, 0.05) is 22.0 Å². The van der Waals surface area contributed by atoms with E-state index in [1.807, 2.05) is 60.3 Å². The van der Waals surface area contributed by atoms with E-state index in [0.717, 1.165) is 21.7 Å². The van der Waals surface area contributed by atoms with Crippen LogP contribution in [0.5, 0.6) is 0 Å². The van der Waals surface area contributed by atoms with Crippen LogP contribution >= 0.6 is 22.7 Å². The molecule has 3 aromatic rings. The molecule has 0 aliphatic rings. The first kappa shape index (κ1) is 17.1. The molecule has 0 aliphatic heterocycles. The van der Waals surface area contributed by atoms with Gasteiger partial charge in [-0.1, -0.05) is 17.7 Å². The largest absolute Gasteiger partial charge is 0.321 e. The SMILES string of the molecule is Cc1ccc(NC(=O)/C(C#N)=C\c2csc(-c3ccsc3)n2)c(C)c1. The average Bonchev–Trinajstić information content (AvgIpc) is 3.26. The maximum absolute atomic E-state index is 12.4. The Kier molecular flexibility index (Phi) is 5.08. The number of thiophene rings is 1. The molecule has 0 aliphatic carbocycles. The molecular weight excluding hydrogens is 350 g/mol. The number of aryl methyl sites for hydroxylation is 2. The predicted octanol–water partition coefficient (Wildman–Crippen LogP) is 5.03. The number of aromatic nitrogens is 1. The summed E-state index contributed by atoms with van der Waals surface area (Å²) in [6.45, 7) is 3.92. The molecule has 2 aromatic heterocycles. The number of hydrogen-bond donors (Lipinski definition) is 1. The number of anilines is 1. The van der Waals surface area contributed by atoms with Crippen molar-refractivity contribution in [3.8, 4) is 16.6 Å². The Balaban J connectivity index is 1.80. The Bertz CT molecular complexity index is 979. The molecule has 1 amide bonds. The summed E-state index contributed by atoms with van der Waals surface area (Å²) >= 11 is 3.09. The van der Waals surface area contributed by atoms with Crippen LogP contribution in [0.15, 0.2) is 46.0 Å². The monoisotopic (exact) mass is 365 g/mol. The quantitative estimate of drug-likeness (QED) is 0.521. The smallest absolute Gasteiger partial charge is 0.266 e. The van der Waals surface area contributed by atoms with Gasteiger partial charge in [0.15, 0.2) is 0 Å². The molecule has 3 rings (SSSR count). The van der Waals surface area contributed by atoms with E-state index in [4.69, 9.17) is 0 Å². The van der Waals surface area contributed by atoms with Crippen molar-refractivity contribution in [2.75, 3.05) is 5.32 Å². The predicted molar refractivity (Wildman–Crippen MR) is 104 cm³/mol. The number of carbonyl (C=O) groups is 1. The number of benzene rings is 1. The van der Waals surface area contributed by atoms with Gasteiger partial charge < -0.3 is 5.32 Å². The molecule has 0 radical (unpaired) electrons. The number of hydrogen-bond acceptors (Lipinski definition) is 5. The van der Waals surface area contributed by atoms with Crippen molar-refractivity contribution in [2.45, 2.75) is 13.8 Å². The second kappa shape index (κ2) is 7.43. The fourth-order valence-electron chi connectivity index (χ4n) is 2.31. The van der Waals surface area contributed by atoms with Crippen LogP contribution in [-0.2, 0) is 4.79 Å². The number of carbonyl (C=O) groups excluding carboxylic acids is 1. The second-order valence-corrected chi connectivity index (χ2v) is 7.17. The standard InChI is InChI=1S/C19H15N3OS2/c1-12-3-4-17(13(2)7-12)22-18(23)15(9-20)8-16-11-25-19(21-16)14-5-6-24-10-14/h3-8,10-11H,1-2H3,(H,22,23)/b15-8-. The van der Waals surface area contributed by atoms with Crippen LogP contribution in [-0.4, -0.2) is 10.9 Å². The number of amides is 1. The lowest BCUT2D eigenvalue weighted by Gasteiger charge is -2.08. The lowest BCUT2D eigenvalue weighted by Crippen LogP contribution is -2.14. The van der Waals surface area contributed by atoms with Crippen LogP contribution in [0.2, 0.25) is 0 Å². The lowest BCUT2D eigenvalue weighted by molar-refractivity contribution is -0.112. The number of nitrogens with one attached hydrogen (secondary N) is 1. The first-order valence-corrected chi connectivity index (χ1v) is 9.37. The lowest BCUT2D eigenvalue weighted by atomic mass is 10.1.